The number of amides is 1. The molecule has 3 aromatic rings. The fourth-order valence-electron chi connectivity index (χ4n) is 3.60. The Labute approximate surface area is 185 Å². The van der Waals surface area contributed by atoms with Crippen molar-refractivity contribution in [2.75, 3.05) is 25.5 Å². The van der Waals surface area contributed by atoms with Crippen molar-refractivity contribution in [3.8, 4) is 17.1 Å². The largest absolute Gasteiger partial charge is 0.496 e. The lowest BCUT2D eigenvalue weighted by molar-refractivity contribution is 0.0934. The first kappa shape index (κ1) is 21.6. The first-order chi connectivity index (χ1) is 15.6. The average Bonchev–Trinajstić information content (AvgIpc) is 3.08. The molecule has 2 heterocycles. The van der Waals surface area contributed by atoms with Crippen LogP contribution in [-0.2, 0) is 0 Å². The summed E-state index contributed by atoms with van der Waals surface area (Å²) in [5, 5.41) is 9.56. The third kappa shape index (κ3) is 5.36. The topological polar surface area (TPSA) is 101 Å². The van der Waals surface area contributed by atoms with Crippen molar-refractivity contribution < 1.29 is 13.9 Å². The van der Waals surface area contributed by atoms with Gasteiger partial charge in [0.05, 0.1) is 12.7 Å². The summed E-state index contributed by atoms with van der Waals surface area (Å²) in [5.74, 6) is 0.534. The van der Waals surface area contributed by atoms with Gasteiger partial charge >= 0.3 is 0 Å². The summed E-state index contributed by atoms with van der Waals surface area (Å²) in [6.07, 6.45) is 4.35. The molecule has 1 aliphatic rings. The van der Waals surface area contributed by atoms with E-state index in [4.69, 9.17) is 4.74 Å². The van der Waals surface area contributed by atoms with Crippen LogP contribution in [-0.4, -0.2) is 47.1 Å². The smallest absolute Gasteiger partial charge is 0.251 e. The Kier molecular flexibility index (Phi) is 6.86. The van der Waals surface area contributed by atoms with E-state index in [0.29, 0.717) is 28.6 Å². The van der Waals surface area contributed by atoms with Crippen LogP contribution in [0.25, 0.3) is 11.4 Å². The minimum atomic E-state index is -0.405. The molecule has 9 heteroatoms. The summed E-state index contributed by atoms with van der Waals surface area (Å²) >= 11 is 0. The van der Waals surface area contributed by atoms with Crippen molar-refractivity contribution in [3.63, 3.8) is 0 Å². The molecule has 1 fully saturated rings. The van der Waals surface area contributed by atoms with Gasteiger partial charge in [-0.05, 0) is 68.8 Å². The van der Waals surface area contributed by atoms with Crippen LogP contribution in [0.1, 0.15) is 29.6 Å². The predicted molar refractivity (Wildman–Crippen MR) is 119 cm³/mol. The number of rotatable bonds is 6. The summed E-state index contributed by atoms with van der Waals surface area (Å²) in [6.45, 7) is 1.92. The minimum Gasteiger partial charge on any atom is -0.496 e. The highest BCUT2D eigenvalue weighted by molar-refractivity contribution is 5.94. The molecular weight excluding hydrogens is 411 g/mol. The second-order valence-electron chi connectivity index (χ2n) is 7.53. The summed E-state index contributed by atoms with van der Waals surface area (Å²) in [7, 11) is 1.46. The molecule has 4 rings (SSSR count). The Morgan fingerprint density at radius 2 is 1.97 bits per heavy atom. The lowest BCUT2D eigenvalue weighted by Gasteiger charge is -2.16. The number of anilines is 2. The van der Waals surface area contributed by atoms with Gasteiger partial charge in [-0.15, -0.1) is 0 Å². The zero-order valence-corrected chi connectivity index (χ0v) is 17.8. The number of carbonyl (C=O) groups is 1. The van der Waals surface area contributed by atoms with Gasteiger partial charge in [0.2, 0.25) is 5.95 Å². The molecule has 3 N–H and O–H groups in total. The van der Waals surface area contributed by atoms with Crippen molar-refractivity contribution in [2.24, 2.45) is 0 Å². The highest BCUT2D eigenvalue weighted by Gasteiger charge is 2.16. The van der Waals surface area contributed by atoms with Crippen LogP contribution >= 0.6 is 0 Å². The molecule has 166 valence electrons. The third-order valence-corrected chi connectivity index (χ3v) is 5.29. The van der Waals surface area contributed by atoms with Crippen molar-refractivity contribution >= 4 is 17.5 Å². The number of benzene rings is 2. The molecule has 0 radical (unpaired) electrons. The summed E-state index contributed by atoms with van der Waals surface area (Å²) < 4.78 is 18.7. The van der Waals surface area contributed by atoms with E-state index in [9.17, 15) is 9.18 Å². The zero-order valence-electron chi connectivity index (χ0n) is 17.8. The summed E-state index contributed by atoms with van der Waals surface area (Å²) in [6, 6.07) is 11.5. The molecular formula is C23H25FN6O2. The lowest BCUT2D eigenvalue weighted by Crippen LogP contribution is -2.35. The number of carbonyl (C=O) groups excluding carboxylic acids is 1. The van der Waals surface area contributed by atoms with Crippen LogP contribution in [0, 0.1) is 5.82 Å². The molecule has 8 nitrogen and oxygen atoms in total. The van der Waals surface area contributed by atoms with Gasteiger partial charge in [-0.25, -0.2) is 14.4 Å². The van der Waals surface area contributed by atoms with Gasteiger partial charge in [-0.3, -0.25) is 4.79 Å². The van der Waals surface area contributed by atoms with Gasteiger partial charge in [-0.1, -0.05) is 0 Å². The fraction of sp³-hybridized carbons (Fsp3) is 0.304. The maximum absolute atomic E-state index is 13.5. The molecule has 1 aliphatic heterocycles. The number of halogens is 1. The number of ether oxygens (including phenoxy) is 1. The summed E-state index contributed by atoms with van der Waals surface area (Å²) in [5.41, 5.74) is 1.88. The highest BCUT2D eigenvalue weighted by Crippen LogP contribution is 2.28. The van der Waals surface area contributed by atoms with Crippen LogP contribution in [0.3, 0.4) is 0 Å². The maximum Gasteiger partial charge on any atom is 0.251 e. The van der Waals surface area contributed by atoms with Gasteiger partial charge in [0, 0.05) is 23.4 Å². The predicted octanol–water partition coefficient (Wildman–Crippen LogP) is 3.30. The Bertz CT molecular complexity index is 1070. The molecule has 1 atom stereocenters. The molecule has 1 saturated heterocycles. The van der Waals surface area contributed by atoms with Crippen LogP contribution in [0.15, 0.2) is 48.8 Å². The third-order valence-electron chi connectivity index (χ3n) is 5.29. The molecule has 1 unspecified atom stereocenters. The molecule has 0 bridgehead atoms. The van der Waals surface area contributed by atoms with Crippen molar-refractivity contribution in [3.05, 3.63) is 60.2 Å². The number of hydrogen-bond donors (Lipinski definition) is 3. The molecule has 0 saturated carbocycles. The monoisotopic (exact) mass is 436 g/mol. The van der Waals surface area contributed by atoms with Crippen molar-refractivity contribution in [1.82, 2.24) is 25.6 Å². The number of methoxy groups -OCH3 is 1. The Morgan fingerprint density at radius 1 is 1.12 bits per heavy atom. The van der Waals surface area contributed by atoms with E-state index in [1.54, 1.807) is 30.3 Å². The average molecular weight is 436 g/mol. The standard InChI is InChI=1S/C23H25FN6O2/c1-32-20-13-16(24)6-9-19(20)21-26-14-27-23(30-21)29-18-7-4-15(5-8-18)22(31)28-17-3-2-11-25-12-10-17/h4-9,13-14,17,25H,2-3,10-12H2,1H3,(H,28,31)(H,26,27,29,30). The van der Waals surface area contributed by atoms with E-state index in [1.807, 2.05) is 0 Å². The van der Waals surface area contributed by atoms with E-state index in [2.05, 4.69) is 30.9 Å². The zero-order chi connectivity index (χ0) is 22.3. The van der Waals surface area contributed by atoms with Crippen LogP contribution in [0.4, 0.5) is 16.0 Å². The molecule has 1 aromatic heterocycles. The minimum absolute atomic E-state index is 0.0747. The number of nitrogens with zero attached hydrogens (tertiary/aromatic N) is 3. The van der Waals surface area contributed by atoms with E-state index in [0.717, 1.165) is 38.0 Å². The quantitative estimate of drug-likeness (QED) is 0.545. The summed E-state index contributed by atoms with van der Waals surface area (Å²) in [4.78, 5) is 25.3. The van der Waals surface area contributed by atoms with Crippen LogP contribution < -0.4 is 20.7 Å². The van der Waals surface area contributed by atoms with E-state index >= 15 is 0 Å². The van der Waals surface area contributed by atoms with E-state index < -0.39 is 5.82 Å². The van der Waals surface area contributed by atoms with Gasteiger partial charge in [0.1, 0.15) is 17.9 Å². The van der Waals surface area contributed by atoms with E-state index in [-0.39, 0.29) is 11.9 Å². The first-order valence-corrected chi connectivity index (χ1v) is 10.5. The number of aromatic nitrogens is 3. The van der Waals surface area contributed by atoms with Crippen molar-refractivity contribution in [2.45, 2.75) is 25.3 Å². The Hall–Kier alpha value is -3.59. The molecule has 0 aliphatic carbocycles. The number of nitrogens with one attached hydrogen (secondary N) is 3. The van der Waals surface area contributed by atoms with Crippen LogP contribution in [0.5, 0.6) is 5.75 Å². The van der Waals surface area contributed by atoms with Gasteiger partial charge in [0.25, 0.3) is 5.91 Å². The Morgan fingerprint density at radius 3 is 2.78 bits per heavy atom. The molecule has 1 amide bonds. The molecule has 2 aromatic carbocycles. The lowest BCUT2D eigenvalue weighted by atomic mass is 10.1. The first-order valence-electron chi connectivity index (χ1n) is 10.5. The highest BCUT2D eigenvalue weighted by atomic mass is 19.1. The van der Waals surface area contributed by atoms with Gasteiger partial charge in [-0.2, -0.15) is 4.98 Å². The van der Waals surface area contributed by atoms with Gasteiger partial charge < -0.3 is 20.7 Å². The van der Waals surface area contributed by atoms with Crippen molar-refractivity contribution in [1.29, 1.82) is 0 Å². The fourth-order valence-corrected chi connectivity index (χ4v) is 3.60. The number of hydrogen-bond acceptors (Lipinski definition) is 7. The maximum atomic E-state index is 13.5. The molecule has 0 spiro atoms. The normalized spacial score (nSPS) is 16.1. The Balaban J connectivity index is 1.44. The van der Waals surface area contributed by atoms with Gasteiger partial charge in [0.15, 0.2) is 5.82 Å². The van der Waals surface area contributed by atoms with Crippen LogP contribution in [0.2, 0.25) is 0 Å². The van der Waals surface area contributed by atoms with E-state index in [1.165, 1.54) is 25.6 Å². The SMILES string of the molecule is COc1cc(F)ccc1-c1ncnc(Nc2ccc(C(=O)NC3CCCNCC3)cc2)n1. The second-order valence-corrected chi connectivity index (χ2v) is 7.53. The second kappa shape index (κ2) is 10.1. The molecule has 32 heavy (non-hydrogen) atoms.